The molecule has 0 fully saturated rings. The van der Waals surface area contributed by atoms with E-state index in [2.05, 4.69) is 21.2 Å². The van der Waals surface area contributed by atoms with Crippen molar-refractivity contribution < 1.29 is 4.79 Å². The van der Waals surface area contributed by atoms with Gasteiger partial charge in [0.2, 0.25) is 0 Å². The Morgan fingerprint density at radius 3 is 2.79 bits per heavy atom. The average Bonchev–Trinajstić information content (AvgIpc) is 2.41. The monoisotopic (exact) mass is 338 g/mol. The predicted molar refractivity (Wildman–Crippen MR) is 81.4 cm³/mol. The van der Waals surface area contributed by atoms with Gasteiger partial charge < -0.3 is 11.1 Å². The van der Waals surface area contributed by atoms with Crippen molar-refractivity contribution >= 4 is 39.1 Å². The van der Waals surface area contributed by atoms with Crippen molar-refractivity contribution in [3.05, 3.63) is 63.1 Å². The number of benzene rings is 2. The highest BCUT2D eigenvalue weighted by molar-refractivity contribution is 9.10. The molecule has 0 saturated heterocycles. The second-order valence-corrected chi connectivity index (χ2v) is 5.27. The van der Waals surface area contributed by atoms with Crippen molar-refractivity contribution in [1.82, 2.24) is 0 Å². The number of rotatable bonds is 3. The van der Waals surface area contributed by atoms with E-state index >= 15 is 0 Å². The molecule has 0 aliphatic carbocycles. The Hall–Kier alpha value is -1.36. The van der Waals surface area contributed by atoms with E-state index in [1.54, 1.807) is 18.2 Å². The molecule has 2 rings (SSSR count). The maximum Gasteiger partial charge on any atom is 0.256 e. The van der Waals surface area contributed by atoms with Gasteiger partial charge in [-0.2, -0.15) is 0 Å². The first-order valence-corrected chi connectivity index (χ1v) is 6.82. The lowest BCUT2D eigenvalue weighted by Crippen LogP contribution is -2.13. The molecule has 0 atom stereocenters. The molecule has 1 amide bonds. The zero-order valence-corrected chi connectivity index (χ0v) is 12.3. The second-order valence-electron chi connectivity index (χ2n) is 3.98. The molecule has 0 aliphatic heterocycles. The third kappa shape index (κ3) is 3.56. The molecule has 2 aromatic carbocycles. The summed E-state index contributed by atoms with van der Waals surface area (Å²) in [7, 11) is 0. The summed E-state index contributed by atoms with van der Waals surface area (Å²) in [6, 6.07) is 12.5. The quantitative estimate of drug-likeness (QED) is 0.893. The first kappa shape index (κ1) is 14.1. The van der Waals surface area contributed by atoms with Crippen molar-refractivity contribution in [2.45, 2.75) is 6.54 Å². The number of halogens is 2. The van der Waals surface area contributed by atoms with Crippen molar-refractivity contribution in [3.8, 4) is 0 Å². The lowest BCUT2D eigenvalue weighted by atomic mass is 10.1. The first-order valence-electron chi connectivity index (χ1n) is 5.65. The van der Waals surface area contributed by atoms with Gasteiger partial charge in [0.15, 0.2) is 0 Å². The van der Waals surface area contributed by atoms with Gasteiger partial charge in [-0.3, -0.25) is 4.79 Å². The summed E-state index contributed by atoms with van der Waals surface area (Å²) in [5, 5.41) is 3.34. The maximum absolute atomic E-state index is 12.2. The molecule has 0 heterocycles. The topological polar surface area (TPSA) is 55.1 Å². The third-order valence-corrected chi connectivity index (χ3v) is 3.52. The minimum atomic E-state index is -0.219. The fourth-order valence-corrected chi connectivity index (χ4v) is 2.24. The van der Waals surface area contributed by atoms with Crippen molar-refractivity contribution in [3.63, 3.8) is 0 Å². The Balaban J connectivity index is 2.23. The van der Waals surface area contributed by atoms with Crippen LogP contribution in [0.1, 0.15) is 15.9 Å². The van der Waals surface area contributed by atoms with Crippen molar-refractivity contribution in [1.29, 1.82) is 0 Å². The van der Waals surface area contributed by atoms with Gasteiger partial charge in [-0.25, -0.2) is 0 Å². The molecule has 5 heteroatoms. The van der Waals surface area contributed by atoms with Crippen LogP contribution in [0.4, 0.5) is 5.69 Å². The van der Waals surface area contributed by atoms with E-state index in [0.29, 0.717) is 27.3 Å². The molecule has 0 spiro atoms. The van der Waals surface area contributed by atoms with E-state index in [4.69, 9.17) is 17.3 Å². The highest BCUT2D eigenvalue weighted by Gasteiger charge is 2.11. The number of anilines is 1. The SMILES string of the molecule is NCc1cccc(NC(=O)c2cc(Cl)ccc2Br)c1. The number of hydrogen-bond acceptors (Lipinski definition) is 2. The predicted octanol–water partition coefficient (Wildman–Crippen LogP) is 3.81. The molecule has 0 unspecified atom stereocenters. The molecule has 0 radical (unpaired) electrons. The van der Waals surface area contributed by atoms with Gasteiger partial charge in [-0.05, 0) is 51.8 Å². The normalized spacial score (nSPS) is 10.3. The van der Waals surface area contributed by atoms with Crippen LogP contribution in [-0.2, 0) is 6.54 Å². The summed E-state index contributed by atoms with van der Waals surface area (Å²) < 4.78 is 0.698. The maximum atomic E-state index is 12.2. The molecule has 19 heavy (non-hydrogen) atoms. The zero-order valence-electron chi connectivity index (χ0n) is 9.99. The number of nitrogens with one attached hydrogen (secondary N) is 1. The minimum absolute atomic E-state index is 0.219. The van der Waals surface area contributed by atoms with Gasteiger partial charge in [0, 0.05) is 21.7 Å². The smallest absolute Gasteiger partial charge is 0.256 e. The molecular formula is C14H12BrClN2O. The number of amides is 1. The molecule has 3 N–H and O–H groups in total. The van der Waals surface area contributed by atoms with Gasteiger partial charge >= 0.3 is 0 Å². The van der Waals surface area contributed by atoms with Gasteiger partial charge in [0.05, 0.1) is 5.56 Å². The lowest BCUT2D eigenvalue weighted by Gasteiger charge is -2.08. The molecular weight excluding hydrogens is 328 g/mol. The van der Waals surface area contributed by atoms with E-state index in [1.165, 1.54) is 0 Å². The summed E-state index contributed by atoms with van der Waals surface area (Å²) in [6.45, 7) is 0.435. The van der Waals surface area contributed by atoms with E-state index in [-0.39, 0.29) is 5.91 Å². The highest BCUT2D eigenvalue weighted by Crippen LogP contribution is 2.22. The van der Waals surface area contributed by atoms with Crippen LogP contribution in [0.3, 0.4) is 0 Å². The van der Waals surface area contributed by atoms with E-state index < -0.39 is 0 Å². The Bertz CT molecular complexity index is 616. The van der Waals surface area contributed by atoms with Crippen LogP contribution >= 0.6 is 27.5 Å². The second kappa shape index (κ2) is 6.19. The molecule has 0 aromatic heterocycles. The minimum Gasteiger partial charge on any atom is -0.326 e. The number of hydrogen-bond donors (Lipinski definition) is 2. The van der Waals surface area contributed by atoms with E-state index in [1.807, 2.05) is 24.3 Å². The Labute approximate surface area is 124 Å². The molecule has 0 bridgehead atoms. The Morgan fingerprint density at radius 1 is 1.26 bits per heavy atom. The number of carbonyl (C=O) groups is 1. The lowest BCUT2D eigenvalue weighted by molar-refractivity contribution is 0.102. The fraction of sp³-hybridized carbons (Fsp3) is 0.0714. The third-order valence-electron chi connectivity index (χ3n) is 2.59. The van der Waals surface area contributed by atoms with Crippen LogP contribution in [0.5, 0.6) is 0 Å². The first-order chi connectivity index (χ1) is 9.10. The van der Waals surface area contributed by atoms with Gasteiger partial charge in [-0.15, -0.1) is 0 Å². The molecule has 2 aromatic rings. The van der Waals surface area contributed by atoms with Gasteiger partial charge in [0.25, 0.3) is 5.91 Å². The number of carbonyl (C=O) groups excluding carboxylic acids is 1. The molecule has 0 aliphatic rings. The van der Waals surface area contributed by atoms with Crippen LogP contribution in [0, 0.1) is 0 Å². The van der Waals surface area contributed by atoms with Crippen LogP contribution in [0.25, 0.3) is 0 Å². The van der Waals surface area contributed by atoms with Gasteiger partial charge in [0.1, 0.15) is 0 Å². The largest absolute Gasteiger partial charge is 0.326 e. The summed E-state index contributed by atoms with van der Waals surface area (Å²) in [5.41, 5.74) is 7.73. The van der Waals surface area contributed by atoms with E-state index in [9.17, 15) is 4.79 Å². The van der Waals surface area contributed by atoms with E-state index in [0.717, 1.165) is 5.56 Å². The number of nitrogens with two attached hydrogens (primary N) is 1. The summed E-state index contributed by atoms with van der Waals surface area (Å²) in [4.78, 5) is 12.2. The van der Waals surface area contributed by atoms with Gasteiger partial charge in [-0.1, -0.05) is 23.7 Å². The fourth-order valence-electron chi connectivity index (χ4n) is 1.65. The average molecular weight is 340 g/mol. The van der Waals surface area contributed by atoms with Crippen molar-refractivity contribution in [2.24, 2.45) is 5.73 Å². The summed E-state index contributed by atoms with van der Waals surface area (Å²) in [5.74, 6) is -0.219. The Morgan fingerprint density at radius 2 is 2.05 bits per heavy atom. The van der Waals surface area contributed by atoms with Crippen LogP contribution in [-0.4, -0.2) is 5.91 Å². The molecule has 98 valence electrons. The highest BCUT2D eigenvalue weighted by atomic mass is 79.9. The van der Waals surface area contributed by atoms with Crippen LogP contribution in [0.2, 0.25) is 5.02 Å². The van der Waals surface area contributed by atoms with Crippen LogP contribution < -0.4 is 11.1 Å². The molecule has 3 nitrogen and oxygen atoms in total. The van der Waals surface area contributed by atoms with Crippen LogP contribution in [0.15, 0.2) is 46.9 Å². The Kier molecular flexibility index (Phi) is 4.58. The zero-order chi connectivity index (χ0) is 13.8. The molecule has 0 saturated carbocycles. The standard InChI is InChI=1S/C14H12BrClN2O/c15-13-5-4-10(16)7-12(13)14(19)18-11-3-1-2-9(6-11)8-17/h1-7H,8,17H2,(H,18,19). The van der Waals surface area contributed by atoms with Crippen molar-refractivity contribution in [2.75, 3.05) is 5.32 Å². The summed E-state index contributed by atoms with van der Waals surface area (Å²) in [6.07, 6.45) is 0. The summed E-state index contributed by atoms with van der Waals surface area (Å²) >= 11 is 9.23.